The van der Waals surface area contributed by atoms with Gasteiger partial charge in [-0.05, 0) is 18.6 Å². The molecular formula is C19H17N5O4. The molecule has 5 rings (SSSR count). The first-order valence-electron chi connectivity index (χ1n) is 8.91. The number of amides is 1. The van der Waals surface area contributed by atoms with E-state index >= 15 is 0 Å². The summed E-state index contributed by atoms with van der Waals surface area (Å²) in [5, 5.41) is 8.17. The van der Waals surface area contributed by atoms with Crippen molar-refractivity contribution in [2.24, 2.45) is 0 Å². The van der Waals surface area contributed by atoms with E-state index in [1.807, 2.05) is 12.1 Å². The van der Waals surface area contributed by atoms with Gasteiger partial charge in [-0.2, -0.15) is 0 Å². The van der Waals surface area contributed by atoms with Crippen LogP contribution in [0.4, 0.5) is 0 Å². The molecule has 1 N–H and O–H groups in total. The molecule has 1 fully saturated rings. The summed E-state index contributed by atoms with van der Waals surface area (Å²) in [6, 6.07) is 7.23. The molecule has 1 amide bonds. The van der Waals surface area contributed by atoms with E-state index in [-0.39, 0.29) is 11.9 Å². The topological polar surface area (TPSA) is 104 Å². The first-order chi connectivity index (χ1) is 13.7. The van der Waals surface area contributed by atoms with Gasteiger partial charge in [0.2, 0.25) is 17.7 Å². The number of ether oxygens (including phenoxy) is 2. The molecule has 0 aliphatic carbocycles. The van der Waals surface area contributed by atoms with Crippen molar-refractivity contribution >= 4 is 22.5 Å². The van der Waals surface area contributed by atoms with Gasteiger partial charge in [0.15, 0.2) is 11.4 Å². The van der Waals surface area contributed by atoms with Crippen LogP contribution in [0.3, 0.4) is 0 Å². The molecule has 9 nitrogen and oxygen atoms in total. The molecule has 0 radical (unpaired) electrons. The number of carbonyl (C=O) groups is 1. The molecule has 0 bridgehead atoms. The summed E-state index contributed by atoms with van der Waals surface area (Å²) in [4.78, 5) is 19.9. The lowest BCUT2D eigenvalue weighted by Crippen LogP contribution is -2.31. The lowest BCUT2D eigenvalue weighted by atomic mass is 10.2. The number of carbonyl (C=O) groups excluding carboxylic acids is 1. The van der Waals surface area contributed by atoms with Crippen molar-refractivity contribution in [3.8, 4) is 23.2 Å². The highest BCUT2D eigenvalue weighted by molar-refractivity contribution is 5.86. The standard InChI is InChI=1S/C19H17N5O4/c1-26-19-12-8-15(28-14(12)6-7-20-19)13-9-21-16-3-5-18(23-24(13)16)27-10-11-2-4-17(25)22-11/h3,5-9,11H,2,4,10H2,1H3,(H,22,25). The highest BCUT2D eigenvalue weighted by Crippen LogP contribution is 2.32. The van der Waals surface area contributed by atoms with Gasteiger partial charge in [0, 0.05) is 24.8 Å². The van der Waals surface area contributed by atoms with Crippen molar-refractivity contribution in [1.82, 2.24) is 24.9 Å². The summed E-state index contributed by atoms with van der Waals surface area (Å²) < 4.78 is 18.7. The SMILES string of the molecule is COc1nccc2oc(-c3cnc4ccc(OCC5CCC(=O)N5)nn34)cc12. The Morgan fingerprint density at radius 1 is 1.32 bits per heavy atom. The minimum atomic E-state index is 0.0163. The molecule has 28 heavy (non-hydrogen) atoms. The van der Waals surface area contributed by atoms with E-state index in [0.29, 0.717) is 47.5 Å². The predicted octanol–water partition coefficient (Wildman–Crippen LogP) is 2.20. The number of furan rings is 1. The number of methoxy groups -OCH3 is 1. The number of hydrogen-bond acceptors (Lipinski definition) is 7. The molecular weight excluding hydrogens is 362 g/mol. The Balaban J connectivity index is 1.47. The van der Waals surface area contributed by atoms with Gasteiger partial charge in [0.1, 0.15) is 17.9 Å². The molecule has 4 aromatic heterocycles. The molecule has 1 unspecified atom stereocenters. The largest absolute Gasteiger partial charge is 0.480 e. The summed E-state index contributed by atoms with van der Waals surface area (Å²) in [5.41, 5.74) is 2.02. The molecule has 1 saturated heterocycles. The van der Waals surface area contributed by atoms with Crippen LogP contribution in [0.25, 0.3) is 28.1 Å². The number of hydrogen-bond donors (Lipinski definition) is 1. The lowest BCUT2D eigenvalue weighted by Gasteiger charge is -2.11. The fourth-order valence-corrected chi connectivity index (χ4v) is 3.32. The van der Waals surface area contributed by atoms with Gasteiger partial charge in [0.05, 0.1) is 24.7 Å². The number of aromatic nitrogens is 4. The van der Waals surface area contributed by atoms with E-state index in [2.05, 4.69) is 20.4 Å². The van der Waals surface area contributed by atoms with Crippen molar-refractivity contribution in [3.05, 3.63) is 36.7 Å². The highest BCUT2D eigenvalue weighted by Gasteiger charge is 2.21. The number of pyridine rings is 1. The minimum Gasteiger partial charge on any atom is -0.480 e. The fourth-order valence-electron chi connectivity index (χ4n) is 3.32. The number of fused-ring (bicyclic) bond motifs is 2. The maximum atomic E-state index is 11.3. The maximum Gasteiger partial charge on any atom is 0.231 e. The molecule has 0 spiro atoms. The van der Waals surface area contributed by atoms with Crippen LogP contribution in [0.1, 0.15) is 12.8 Å². The van der Waals surface area contributed by atoms with Gasteiger partial charge in [-0.25, -0.2) is 14.5 Å². The van der Waals surface area contributed by atoms with Gasteiger partial charge in [-0.15, -0.1) is 5.10 Å². The van der Waals surface area contributed by atoms with E-state index in [9.17, 15) is 4.79 Å². The number of rotatable bonds is 5. The maximum absolute atomic E-state index is 11.3. The van der Waals surface area contributed by atoms with E-state index in [1.165, 1.54) is 0 Å². The molecule has 0 saturated carbocycles. The van der Waals surface area contributed by atoms with Gasteiger partial charge in [0.25, 0.3) is 0 Å². The van der Waals surface area contributed by atoms with Crippen LogP contribution < -0.4 is 14.8 Å². The Hall–Kier alpha value is -3.62. The first kappa shape index (κ1) is 16.5. The monoisotopic (exact) mass is 379 g/mol. The Morgan fingerprint density at radius 3 is 3.07 bits per heavy atom. The van der Waals surface area contributed by atoms with Crippen molar-refractivity contribution in [3.63, 3.8) is 0 Å². The quantitative estimate of drug-likeness (QED) is 0.567. The normalized spacial score (nSPS) is 16.6. The summed E-state index contributed by atoms with van der Waals surface area (Å²) in [7, 11) is 1.57. The molecule has 1 atom stereocenters. The molecule has 5 heterocycles. The number of imidazole rings is 1. The summed E-state index contributed by atoms with van der Waals surface area (Å²) in [6.07, 6.45) is 4.64. The van der Waals surface area contributed by atoms with E-state index in [4.69, 9.17) is 13.9 Å². The first-order valence-corrected chi connectivity index (χ1v) is 8.91. The van der Waals surface area contributed by atoms with Crippen molar-refractivity contribution in [1.29, 1.82) is 0 Å². The van der Waals surface area contributed by atoms with Crippen molar-refractivity contribution < 1.29 is 18.7 Å². The Bertz CT molecular complexity index is 1180. The number of nitrogens with zero attached hydrogens (tertiary/aromatic N) is 4. The second-order valence-corrected chi connectivity index (χ2v) is 6.54. The van der Waals surface area contributed by atoms with Crippen LogP contribution in [-0.2, 0) is 4.79 Å². The molecule has 0 aromatic carbocycles. The second kappa shape index (κ2) is 6.52. The third-order valence-corrected chi connectivity index (χ3v) is 4.71. The highest BCUT2D eigenvalue weighted by atomic mass is 16.5. The zero-order chi connectivity index (χ0) is 19.1. The predicted molar refractivity (Wildman–Crippen MR) is 99.2 cm³/mol. The molecule has 9 heteroatoms. The fraction of sp³-hybridized carbons (Fsp3) is 0.263. The van der Waals surface area contributed by atoms with Crippen LogP contribution in [0.5, 0.6) is 11.8 Å². The summed E-state index contributed by atoms with van der Waals surface area (Å²) in [6.45, 7) is 0.377. The van der Waals surface area contributed by atoms with E-state index < -0.39 is 0 Å². The van der Waals surface area contributed by atoms with Gasteiger partial charge < -0.3 is 19.2 Å². The lowest BCUT2D eigenvalue weighted by molar-refractivity contribution is -0.119. The van der Waals surface area contributed by atoms with E-state index in [1.54, 1.807) is 36.2 Å². The summed E-state index contributed by atoms with van der Waals surface area (Å²) >= 11 is 0. The average Bonchev–Trinajstić information content (AvgIpc) is 3.42. The van der Waals surface area contributed by atoms with E-state index in [0.717, 1.165) is 11.8 Å². The Labute approximate surface area is 159 Å². The smallest absolute Gasteiger partial charge is 0.231 e. The second-order valence-electron chi connectivity index (χ2n) is 6.54. The zero-order valence-corrected chi connectivity index (χ0v) is 15.1. The van der Waals surface area contributed by atoms with Crippen LogP contribution in [0.15, 0.2) is 41.1 Å². The third-order valence-electron chi connectivity index (χ3n) is 4.71. The van der Waals surface area contributed by atoms with Crippen LogP contribution in [-0.4, -0.2) is 45.2 Å². The minimum absolute atomic E-state index is 0.0163. The third kappa shape index (κ3) is 2.81. The van der Waals surface area contributed by atoms with Crippen molar-refractivity contribution in [2.45, 2.75) is 18.9 Å². The summed E-state index contributed by atoms with van der Waals surface area (Å²) in [5.74, 6) is 1.60. The zero-order valence-electron chi connectivity index (χ0n) is 15.1. The van der Waals surface area contributed by atoms with Gasteiger partial charge in [-0.3, -0.25) is 4.79 Å². The Morgan fingerprint density at radius 2 is 2.25 bits per heavy atom. The average molecular weight is 379 g/mol. The van der Waals surface area contributed by atoms with Crippen LogP contribution >= 0.6 is 0 Å². The van der Waals surface area contributed by atoms with Gasteiger partial charge >= 0.3 is 0 Å². The van der Waals surface area contributed by atoms with Crippen LogP contribution in [0.2, 0.25) is 0 Å². The Kier molecular flexibility index (Phi) is 3.85. The van der Waals surface area contributed by atoms with Crippen LogP contribution in [0, 0.1) is 0 Å². The number of nitrogens with one attached hydrogen (secondary N) is 1. The molecule has 1 aliphatic heterocycles. The molecule has 1 aliphatic rings. The van der Waals surface area contributed by atoms with Gasteiger partial charge in [-0.1, -0.05) is 0 Å². The van der Waals surface area contributed by atoms with Crippen molar-refractivity contribution in [2.75, 3.05) is 13.7 Å². The molecule has 142 valence electrons. The molecule has 4 aromatic rings.